The van der Waals surface area contributed by atoms with Gasteiger partial charge in [0.2, 0.25) is 17.6 Å². The molecule has 12 heavy (non-hydrogen) atoms. The molecule has 1 heterocycles. The number of rotatable bonds is 2. The molecule has 0 amide bonds. The zero-order chi connectivity index (χ0) is 8.97. The van der Waals surface area contributed by atoms with E-state index in [9.17, 15) is 0 Å². The van der Waals surface area contributed by atoms with E-state index >= 15 is 0 Å². The Hall–Kier alpha value is -1.83. The van der Waals surface area contributed by atoms with Crippen molar-refractivity contribution in [1.29, 1.82) is 5.26 Å². The van der Waals surface area contributed by atoms with E-state index in [1.807, 2.05) is 0 Å². The smallest absolute Gasteiger partial charge is 0.238 e. The van der Waals surface area contributed by atoms with Gasteiger partial charge in [-0.1, -0.05) is 0 Å². The molecule has 0 aliphatic heterocycles. The second kappa shape index (κ2) is 3.53. The topological polar surface area (TPSA) is 68.0 Å². The third-order valence-corrected chi connectivity index (χ3v) is 1.20. The number of hydrogen-bond acceptors (Lipinski definition) is 5. The highest BCUT2D eigenvalue weighted by Crippen LogP contribution is 2.13. The second-order valence-corrected chi connectivity index (χ2v) is 1.89. The summed E-state index contributed by atoms with van der Waals surface area (Å²) in [5.74, 6) is 0.669. The molecule has 0 radical (unpaired) electrons. The molecular weight excluding hydrogens is 158 g/mol. The Morgan fingerprint density at radius 2 is 1.75 bits per heavy atom. The summed E-state index contributed by atoms with van der Waals surface area (Å²) in [6.07, 6.45) is 0. The lowest BCUT2D eigenvalue weighted by atomic mass is 10.5. The van der Waals surface area contributed by atoms with Gasteiger partial charge in [-0.3, -0.25) is 0 Å². The Labute approximate surface area is 69.6 Å². The van der Waals surface area contributed by atoms with Gasteiger partial charge >= 0.3 is 0 Å². The van der Waals surface area contributed by atoms with Crippen molar-refractivity contribution in [3.63, 3.8) is 0 Å². The summed E-state index contributed by atoms with van der Waals surface area (Å²) in [6, 6.07) is 3.30. The van der Waals surface area contributed by atoms with Gasteiger partial charge in [0.1, 0.15) is 6.07 Å². The van der Waals surface area contributed by atoms with E-state index < -0.39 is 0 Å². The molecule has 0 atom stereocenters. The molecule has 0 aliphatic carbocycles. The quantitative estimate of drug-likeness (QED) is 0.633. The average Bonchev–Trinajstić information content (AvgIpc) is 2.16. The van der Waals surface area contributed by atoms with Gasteiger partial charge < -0.3 is 9.47 Å². The third-order valence-electron chi connectivity index (χ3n) is 1.20. The number of nitrogens with zero attached hydrogens (tertiary/aromatic N) is 3. The molecule has 62 valence electrons. The van der Waals surface area contributed by atoms with Crippen LogP contribution in [0, 0.1) is 11.3 Å². The first-order valence-electron chi connectivity index (χ1n) is 3.17. The van der Waals surface area contributed by atoms with Crippen molar-refractivity contribution in [1.82, 2.24) is 9.97 Å². The zero-order valence-electron chi connectivity index (χ0n) is 6.74. The van der Waals surface area contributed by atoms with E-state index in [0.717, 1.165) is 0 Å². The molecular formula is C7H7N3O2. The Kier molecular flexibility index (Phi) is 2.43. The van der Waals surface area contributed by atoms with Gasteiger partial charge in [-0.25, -0.2) is 0 Å². The first-order valence-corrected chi connectivity index (χ1v) is 3.17. The molecule has 1 aromatic heterocycles. The second-order valence-electron chi connectivity index (χ2n) is 1.89. The van der Waals surface area contributed by atoms with Gasteiger partial charge in [0, 0.05) is 0 Å². The van der Waals surface area contributed by atoms with Gasteiger partial charge in [0.25, 0.3) is 0 Å². The van der Waals surface area contributed by atoms with Gasteiger partial charge in [-0.2, -0.15) is 15.2 Å². The monoisotopic (exact) mass is 165 g/mol. The minimum absolute atomic E-state index is 0.0335. The minimum Gasteiger partial charge on any atom is -0.481 e. The fourth-order valence-corrected chi connectivity index (χ4v) is 0.663. The first kappa shape index (κ1) is 8.27. The van der Waals surface area contributed by atoms with Crippen molar-refractivity contribution < 1.29 is 9.47 Å². The number of hydrogen-bond donors (Lipinski definition) is 0. The maximum Gasteiger partial charge on any atom is 0.238 e. The Morgan fingerprint density at radius 1 is 1.25 bits per heavy atom. The SMILES string of the molecule is COc1cc(OC)nc(C#N)n1. The summed E-state index contributed by atoms with van der Waals surface area (Å²) in [6.45, 7) is 0. The van der Waals surface area contributed by atoms with Crippen molar-refractivity contribution in [3.8, 4) is 17.8 Å². The van der Waals surface area contributed by atoms with E-state index in [0.29, 0.717) is 11.8 Å². The molecule has 0 N–H and O–H groups in total. The van der Waals surface area contributed by atoms with Crippen LogP contribution in [0.5, 0.6) is 11.8 Å². The largest absolute Gasteiger partial charge is 0.481 e. The molecule has 5 nitrogen and oxygen atoms in total. The lowest BCUT2D eigenvalue weighted by Gasteiger charge is -2.01. The van der Waals surface area contributed by atoms with Crippen LogP contribution in [-0.2, 0) is 0 Å². The third kappa shape index (κ3) is 1.61. The summed E-state index contributed by atoms with van der Waals surface area (Å²) in [4.78, 5) is 7.49. The highest BCUT2D eigenvalue weighted by atomic mass is 16.5. The van der Waals surface area contributed by atoms with Crippen LogP contribution < -0.4 is 9.47 Å². The Bertz CT molecular complexity index is 297. The average molecular weight is 165 g/mol. The lowest BCUT2D eigenvalue weighted by molar-refractivity contribution is 0.370. The van der Waals surface area contributed by atoms with E-state index in [1.54, 1.807) is 6.07 Å². The van der Waals surface area contributed by atoms with Crippen LogP contribution in [0.4, 0.5) is 0 Å². The normalized spacial score (nSPS) is 8.75. The minimum atomic E-state index is 0.0335. The molecule has 0 fully saturated rings. The summed E-state index contributed by atoms with van der Waals surface area (Å²) in [7, 11) is 2.92. The van der Waals surface area contributed by atoms with E-state index in [1.165, 1.54) is 20.3 Å². The van der Waals surface area contributed by atoms with Crippen LogP contribution in [-0.4, -0.2) is 24.2 Å². The molecule has 5 heteroatoms. The summed E-state index contributed by atoms with van der Waals surface area (Å²) in [5, 5.41) is 8.49. The number of nitriles is 1. The maximum atomic E-state index is 8.49. The molecule has 0 spiro atoms. The summed E-state index contributed by atoms with van der Waals surface area (Å²) < 4.78 is 9.63. The lowest BCUT2D eigenvalue weighted by Crippen LogP contribution is -1.96. The fourth-order valence-electron chi connectivity index (χ4n) is 0.663. The van der Waals surface area contributed by atoms with Crippen LogP contribution in [0.1, 0.15) is 5.82 Å². The van der Waals surface area contributed by atoms with Gasteiger partial charge in [0.05, 0.1) is 20.3 Å². The van der Waals surface area contributed by atoms with Crippen LogP contribution in [0.3, 0.4) is 0 Å². The zero-order valence-corrected chi connectivity index (χ0v) is 6.74. The van der Waals surface area contributed by atoms with Crippen molar-refractivity contribution in [2.24, 2.45) is 0 Å². The van der Waals surface area contributed by atoms with Crippen LogP contribution in [0.15, 0.2) is 6.07 Å². The van der Waals surface area contributed by atoms with E-state index in [4.69, 9.17) is 14.7 Å². The van der Waals surface area contributed by atoms with Crippen molar-refractivity contribution in [2.75, 3.05) is 14.2 Å². The molecule has 0 saturated carbocycles. The molecule has 0 saturated heterocycles. The van der Waals surface area contributed by atoms with E-state index in [2.05, 4.69) is 9.97 Å². The molecule has 1 aromatic rings. The summed E-state index contributed by atoms with van der Waals surface area (Å²) in [5.41, 5.74) is 0. The predicted octanol–water partition coefficient (Wildman–Crippen LogP) is 0.365. The van der Waals surface area contributed by atoms with Crippen molar-refractivity contribution in [2.45, 2.75) is 0 Å². The first-order chi connectivity index (χ1) is 5.80. The standard InChI is InChI=1S/C7H7N3O2/c1-11-6-3-7(12-2)10-5(4-8)9-6/h3H,1-2H3. The predicted molar refractivity (Wildman–Crippen MR) is 39.9 cm³/mol. The van der Waals surface area contributed by atoms with Gasteiger partial charge in [-0.05, 0) is 0 Å². The van der Waals surface area contributed by atoms with Gasteiger partial charge in [0.15, 0.2) is 0 Å². The number of aromatic nitrogens is 2. The van der Waals surface area contributed by atoms with Crippen molar-refractivity contribution >= 4 is 0 Å². The van der Waals surface area contributed by atoms with Crippen molar-refractivity contribution in [3.05, 3.63) is 11.9 Å². The number of methoxy groups -OCH3 is 2. The molecule has 0 unspecified atom stereocenters. The maximum absolute atomic E-state index is 8.49. The fraction of sp³-hybridized carbons (Fsp3) is 0.286. The van der Waals surface area contributed by atoms with Crippen LogP contribution >= 0.6 is 0 Å². The molecule has 1 rings (SSSR count). The molecule has 0 aliphatic rings. The van der Waals surface area contributed by atoms with Gasteiger partial charge in [-0.15, -0.1) is 0 Å². The molecule has 0 aromatic carbocycles. The highest BCUT2D eigenvalue weighted by Gasteiger charge is 2.02. The van der Waals surface area contributed by atoms with E-state index in [-0.39, 0.29) is 5.82 Å². The Morgan fingerprint density at radius 3 is 2.08 bits per heavy atom. The summed E-state index contributed by atoms with van der Waals surface area (Å²) >= 11 is 0. The highest BCUT2D eigenvalue weighted by molar-refractivity contribution is 5.25. The van der Waals surface area contributed by atoms with Crippen LogP contribution in [0.2, 0.25) is 0 Å². The molecule has 0 bridgehead atoms. The Balaban J connectivity index is 3.12. The number of ether oxygens (including phenoxy) is 2. The van der Waals surface area contributed by atoms with Crippen LogP contribution in [0.25, 0.3) is 0 Å².